The fourth-order valence-corrected chi connectivity index (χ4v) is 4.82. The van der Waals surface area contributed by atoms with Crippen molar-refractivity contribution in [1.29, 1.82) is 0 Å². The highest BCUT2D eigenvalue weighted by atomic mass is 14.5. The van der Waals surface area contributed by atoms with Gasteiger partial charge in [0.15, 0.2) is 0 Å². The largest absolute Gasteiger partial charge is 0.399 e. The van der Waals surface area contributed by atoms with Gasteiger partial charge in [0.1, 0.15) is 0 Å². The molecule has 0 spiro atoms. The molecule has 0 unspecified atom stereocenters. The highest BCUT2D eigenvalue weighted by molar-refractivity contribution is 5.52. The second-order valence-corrected chi connectivity index (χ2v) is 10.3. The third kappa shape index (κ3) is 6.97. The van der Waals surface area contributed by atoms with Crippen LogP contribution >= 0.6 is 0 Å². The second kappa shape index (κ2) is 12.2. The van der Waals surface area contributed by atoms with Crippen molar-refractivity contribution in [2.24, 2.45) is 0 Å². The minimum atomic E-state index is 0.740. The monoisotopic (exact) mass is 523 g/mol. The second-order valence-electron chi connectivity index (χ2n) is 10.3. The molecule has 5 aromatic carbocycles. The van der Waals surface area contributed by atoms with Gasteiger partial charge in [-0.1, -0.05) is 71.9 Å². The fraction of sp³-hybridized carbons (Fsp3) is 0.100. The normalized spacial score (nSPS) is 11.5. The number of benzene rings is 5. The Balaban J connectivity index is 1.13. The fourth-order valence-electron chi connectivity index (χ4n) is 4.82. The zero-order valence-electron chi connectivity index (χ0n) is 22.9. The van der Waals surface area contributed by atoms with Crippen LogP contribution in [0.2, 0.25) is 0 Å². The van der Waals surface area contributed by atoms with Gasteiger partial charge < -0.3 is 5.73 Å². The summed E-state index contributed by atoms with van der Waals surface area (Å²) in [4.78, 5) is 0. The zero-order chi connectivity index (χ0) is 27.9. The van der Waals surface area contributed by atoms with Gasteiger partial charge in [-0.3, -0.25) is 0 Å². The average molecular weight is 524 g/mol. The van der Waals surface area contributed by atoms with Crippen LogP contribution in [0.25, 0.3) is 0 Å². The van der Waals surface area contributed by atoms with Gasteiger partial charge in [-0.15, -0.1) is 0 Å². The lowest BCUT2D eigenvalue weighted by Crippen LogP contribution is -2.00. The molecule has 0 fully saturated rings. The van der Waals surface area contributed by atoms with Gasteiger partial charge in [-0.25, -0.2) is 0 Å². The van der Waals surface area contributed by atoms with Crippen molar-refractivity contribution in [3.05, 3.63) is 171 Å². The number of aryl methyl sites for hydroxylation is 4. The van der Waals surface area contributed by atoms with Gasteiger partial charge in [-0.2, -0.15) is 0 Å². The van der Waals surface area contributed by atoms with Crippen LogP contribution in [0.5, 0.6) is 0 Å². The highest BCUT2D eigenvalue weighted by Gasteiger charge is 2.07. The summed E-state index contributed by atoms with van der Waals surface area (Å²) in [5.74, 6) is 19.7. The van der Waals surface area contributed by atoms with Gasteiger partial charge in [-0.05, 0) is 127 Å². The molecule has 0 amide bonds. The van der Waals surface area contributed by atoms with Crippen LogP contribution in [-0.2, 0) is 25.7 Å². The Bertz CT molecular complexity index is 1860. The van der Waals surface area contributed by atoms with Crippen LogP contribution < -0.4 is 5.73 Å². The van der Waals surface area contributed by atoms with Crippen LogP contribution in [0, 0.1) is 35.5 Å². The van der Waals surface area contributed by atoms with E-state index in [1.807, 2.05) is 60.7 Å². The van der Waals surface area contributed by atoms with Crippen LogP contribution in [-0.4, -0.2) is 0 Å². The van der Waals surface area contributed by atoms with Crippen LogP contribution in [0.1, 0.15) is 55.6 Å². The van der Waals surface area contributed by atoms with E-state index in [0.717, 1.165) is 64.8 Å². The summed E-state index contributed by atoms with van der Waals surface area (Å²) < 4.78 is 0. The molecule has 9 rings (SSSR count). The first kappa shape index (κ1) is 25.8. The molecule has 4 aliphatic rings. The summed E-state index contributed by atoms with van der Waals surface area (Å²) in [5.41, 5.74) is 17.9. The molecule has 0 aliphatic heterocycles. The molecule has 1 heteroatoms. The molecule has 0 heterocycles. The van der Waals surface area contributed by atoms with Crippen molar-refractivity contribution >= 4 is 5.69 Å². The third-order valence-corrected chi connectivity index (χ3v) is 7.31. The first-order valence-electron chi connectivity index (χ1n) is 14.0. The molecule has 41 heavy (non-hydrogen) atoms. The topological polar surface area (TPSA) is 26.0 Å². The van der Waals surface area contributed by atoms with Gasteiger partial charge in [0.2, 0.25) is 0 Å². The van der Waals surface area contributed by atoms with E-state index < -0.39 is 0 Å². The molecular weight excluding hydrogens is 494 g/mol. The molecule has 0 aromatic heterocycles. The van der Waals surface area contributed by atoms with E-state index in [1.165, 1.54) is 22.3 Å². The van der Waals surface area contributed by atoms with Crippen LogP contribution in [0.15, 0.2) is 115 Å². The molecule has 5 aromatic rings. The maximum Gasteiger partial charge on any atom is 0.0314 e. The predicted molar refractivity (Wildman–Crippen MR) is 169 cm³/mol. The molecule has 4 aliphatic carbocycles. The van der Waals surface area contributed by atoms with Crippen molar-refractivity contribution in [3.8, 4) is 35.5 Å². The lowest BCUT2D eigenvalue weighted by molar-refractivity contribution is 0.918. The smallest absolute Gasteiger partial charge is 0.0314 e. The van der Waals surface area contributed by atoms with Gasteiger partial charge >= 0.3 is 0 Å². The van der Waals surface area contributed by atoms with E-state index in [-0.39, 0.29) is 0 Å². The van der Waals surface area contributed by atoms with E-state index in [2.05, 4.69) is 90.1 Å². The standard InChI is InChI=1S/C40H29N/c41-40-27-22-36(23-28-40)16-11-31-4-1-30(2-5-31)3-6-32-7-14-35(15-8-32)20-26-39-29-37-18-17-33-9-12-34(13-10-33)19-24-38(39)25-21-37/h1-2,4-5,7-10,12-15,21-23,25,27-29H,17-19,24,41H2. The number of anilines is 1. The average Bonchev–Trinajstić information content (AvgIpc) is 3.01. The summed E-state index contributed by atoms with van der Waals surface area (Å²) >= 11 is 0. The van der Waals surface area contributed by atoms with Gasteiger partial charge in [0, 0.05) is 39.1 Å². The molecule has 2 N–H and O–H groups in total. The molecule has 0 atom stereocenters. The minimum absolute atomic E-state index is 0.740. The van der Waals surface area contributed by atoms with Crippen LogP contribution in [0.4, 0.5) is 5.69 Å². The Morgan fingerprint density at radius 1 is 0.366 bits per heavy atom. The maximum atomic E-state index is 5.74. The molecule has 4 bridgehead atoms. The van der Waals surface area contributed by atoms with E-state index in [0.29, 0.717) is 0 Å². The first-order chi connectivity index (χ1) is 20.2. The molecule has 0 saturated heterocycles. The number of hydrogen-bond acceptors (Lipinski definition) is 1. The van der Waals surface area contributed by atoms with Crippen molar-refractivity contribution in [3.63, 3.8) is 0 Å². The Hall–Kier alpha value is -5.42. The number of rotatable bonds is 0. The van der Waals surface area contributed by atoms with Crippen molar-refractivity contribution in [2.75, 3.05) is 5.73 Å². The Morgan fingerprint density at radius 3 is 1.22 bits per heavy atom. The van der Waals surface area contributed by atoms with Crippen molar-refractivity contribution in [2.45, 2.75) is 25.7 Å². The summed E-state index contributed by atoms with van der Waals surface area (Å²) in [6.07, 6.45) is 4.11. The molecule has 194 valence electrons. The molecule has 0 saturated carbocycles. The van der Waals surface area contributed by atoms with E-state index in [4.69, 9.17) is 5.73 Å². The van der Waals surface area contributed by atoms with Gasteiger partial charge in [0.25, 0.3) is 0 Å². The van der Waals surface area contributed by atoms with Crippen molar-refractivity contribution < 1.29 is 0 Å². The van der Waals surface area contributed by atoms with Crippen molar-refractivity contribution in [1.82, 2.24) is 0 Å². The summed E-state index contributed by atoms with van der Waals surface area (Å²) in [6.45, 7) is 0. The first-order valence-corrected chi connectivity index (χ1v) is 14.0. The lowest BCUT2D eigenvalue weighted by atomic mass is 9.93. The number of nitrogen functional groups attached to an aromatic ring is 1. The molecular formula is C40H29N. The van der Waals surface area contributed by atoms with E-state index >= 15 is 0 Å². The Kier molecular flexibility index (Phi) is 7.68. The Labute approximate surface area is 243 Å². The quantitative estimate of drug-likeness (QED) is 0.167. The Morgan fingerprint density at radius 2 is 0.732 bits per heavy atom. The third-order valence-electron chi connectivity index (χ3n) is 7.31. The predicted octanol–water partition coefficient (Wildman–Crippen LogP) is 7.35. The number of nitrogens with two attached hydrogens (primary N) is 1. The van der Waals surface area contributed by atoms with Crippen LogP contribution in [0.3, 0.4) is 0 Å². The van der Waals surface area contributed by atoms with E-state index in [9.17, 15) is 0 Å². The highest BCUT2D eigenvalue weighted by Crippen LogP contribution is 2.19. The summed E-state index contributed by atoms with van der Waals surface area (Å²) in [6, 6.07) is 39.7. The summed E-state index contributed by atoms with van der Waals surface area (Å²) in [5, 5.41) is 0. The maximum absolute atomic E-state index is 5.74. The lowest BCUT2D eigenvalue weighted by Gasteiger charge is -2.11. The SMILES string of the molecule is Nc1ccc(C#Cc2ccc(C#Cc3ccc(C#Cc4cc5ccc4CCc4ccc(cc4)CC5)cc3)cc2)cc1. The number of hydrogen-bond donors (Lipinski definition) is 1. The molecule has 0 radical (unpaired) electrons. The molecule has 1 nitrogen and oxygen atoms in total. The van der Waals surface area contributed by atoms with Gasteiger partial charge in [0.05, 0.1) is 0 Å². The van der Waals surface area contributed by atoms with E-state index in [1.54, 1.807) is 0 Å². The minimum Gasteiger partial charge on any atom is -0.399 e. The zero-order valence-corrected chi connectivity index (χ0v) is 22.9. The summed E-state index contributed by atoms with van der Waals surface area (Å²) in [7, 11) is 0.